The van der Waals surface area contributed by atoms with Gasteiger partial charge in [-0.3, -0.25) is 4.79 Å². The fraction of sp³-hybridized carbons (Fsp3) is 0.409. The number of rotatable bonds is 8. The van der Waals surface area contributed by atoms with Gasteiger partial charge in [0.15, 0.2) is 0 Å². The minimum Gasteiger partial charge on any atom is -0.489 e. The third-order valence-electron chi connectivity index (χ3n) is 4.91. The zero-order chi connectivity index (χ0) is 19.9. The van der Waals surface area contributed by atoms with Crippen LogP contribution >= 0.6 is 11.6 Å². The van der Waals surface area contributed by atoms with Crippen LogP contribution in [0, 0.1) is 5.92 Å². The SMILES string of the molecule is CC(=O)Nc1ccccc1OC[C@@H](O)CN1CC[C@H](Cc2ccc(Cl)cc2)C1. The Bertz CT molecular complexity index is 782. The van der Waals surface area contributed by atoms with E-state index in [1.165, 1.54) is 12.5 Å². The number of para-hydroxylation sites is 2. The van der Waals surface area contributed by atoms with E-state index in [1.807, 2.05) is 24.3 Å². The molecule has 2 aromatic rings. The predicted molar refractivity (Wildman–Crippen MR) is 112 cm³/mol. The number of nitrogens with one attached hydrogen (secondary N) is 1. The van der Waals surface area contributed by atoms with Crippen LogP contribution in [0.2, 0.25) is 5.02 Å². The Balaban J connectivity index is 1.44. The Kier molecular flexibility index (Phi) is 7.31. The van der Waals surface area contributed by atoms with Gasteiger partial charge in [0.1, 0.15) is 18.5 Å². The van der Waals surface area contributed by atoms with Gasteiger partial charge in [0.2, 0.25) is 5.91 Å². The molecule has 1 heterocycles. The van der Waals surface area contributed by atoms with Gasteiger partial charge in [0.25, 0.3) is 0 Å². The summed E-state index contributed by atoms with van der Waals surface area (Å²) in [6.07, 6.45) is 1.58. The molecular weight excluding hydrogens is 376 g/mol. The van der Waals surface area contributed by atoms with Gasteiger partial charge in [-0.25, -0.2) is 0 Å². The van der Waals surface area contributed by atoms with Crippen LogP contribution in [0.1, 0.15) is 18.9 Å². The monoisotopic (exact) mass is 402 g/mol. The summed E-state index contributed by atoms with van der Waals surface area (Å²) >= 11 is 5.95. The quantitative estimate of drug-likeness (QED) is 0.708. The number of carbonyl (C=O) groups is 1. The van der Waals surface area contributed by atoms with Crippen LogP contribution in [0.4, 0.5) is 5.69 Å². The van der Waals surface area contributed by atoms with E-state index in [2.05, 4.69) is 22.3 Å². The third kappa shape index (κ3) is 6.23. The van der Waals surface area contributed by atoms with Crippen LogP contribution in [0.5, 0.6) is 5.75 Å². The third-order valence-corrected chi connectivity index (χ3v) is 5.16. The summed E-state index contributed by atoms with van der Waals surface area (Å²) in [6.45, 7) is 4.19. The van der Waals surface area contributed by atoms with Crippen molar-refractivity contribution in [3.8, 4) is 5.75 Å². The Labute approximate surface area is 171 Å². The van der Waals surface area contributed by atoms with Gasteiger partial charge >= 0.3 is 0 Å². The number of aliphatic hydroxyl groups excluding tert-OH is 1. The summed E-state index contributed by atoms with van der Waals surface area (Å²) in [5.74, 6) is 1.01. The molecule has 0 aromatic heterocycles. The summed E-state index contributed by atoms with van der Waals surface area (Å²) in [4.78, 5) is 13.6. The van der Waals surface area contributed by atoms with E-state index in [0.717, 1.165) is 31.0 Å². The number of ether oxygens (including phenoxy) is 1. The molecule has 1 aliphatic heterocycles. The van der Waals surface area contributed by atoms with Crippen molar-refractivity contribution < 1.29 is 14.6 Å². The Hall–Kier alpha value is -2.08. The van der Waals surface area contributed by atoms with Crippen molar-refractivity contribution in [2.75, 3.05) is 31.6 Å². The van der Waals surface area contributed by atoms with E-state index in [0.29, 0.717) is 23.9 Å². The molecule has 2 N–H and O–H groups in total. The molecule has 0 saturated carbocycles. The van der Waals surface area contributed by atoms with Crippen molar-refractivity contribution >= 4 is 23.2 Å². The highest BCUT2D eigenvalue weighted by molar-refractivity contribution is 6.30. The van der Waals surface area contributed by atoms with Crippen molar-refractivity contribution in [2.24, 2.45) is 5.92 Å². The van der Waals surface area contributed by atoms with Gasteiger partial charge in [-0.15, -0.1) is 0 Å². The Morgan fingerprint density at radius 2 is 2.04 bits per heavy atom. The van der Waals surface area contributed by atoms with Crippen molar-refractivity contribution in [1.82, 2.24) is 4.90 Å². The summed E-state index contributed by atoms with van der Waals surface area (Å²) in [5.41, 5.74) is 1.92. The van der Waals surface area contributed by atoms with Gasteiger partial charge in [-0.2, -0.15) is 0 Å². The second-order valence-electron chi connectivity index (χ2n) is 7.39. The first kappa shape index (κ1) is 20.6. The number of likely N-dealkylation sites (tertiary alicyclic amines) is 1. The summed E-state index contributed by atoms with van der Waals surface area (Å²) in [5, 5.41) is 13.9. The first-order chi connectivity index (χ1) is 13.5. The van der Waals surface area contributed by atoms with Crippen LogP contribution in [0.3, 0.4) is 0 Å². The number of amides is 1. The topological polar surface area (TPSA) is 61.8 Å². The van der Waals surface area contributed by atoms with Crippen molar-refractivity contribution in [3.05, 3.63) is 59.1 Å². The molecule has 2 aromatic carbocycles. The zero-order valence-corrected chi connectivity index (χ0v) is 16.9. The van der Waals surface area contributed by atoms with Gasteiger partial charge in [-0.05, 0) is 55.1 Å². The number of β-amino-alcohol motifs (C(OH)–C–C–N with tert-alkyl or cyclic N) is 1. The molecule has 1 aliphatic rings. The van der Waals surface area contributed by atoms with Crippen LogP contribution in [0.25, 0.3) is 0 Å². The lowest BCUT2D eigenvalue weighted by molar-refractivity contribution is -0.114. The number of hydrogen-bond donors (Lipinski definition) is 2. The van der Waals surface area contributed by atoms with E-state index < -0.39 is 6.10 Å². The minimum absolute atomic E-state index is 0.152. The van der Waals surface area contributed by atoms with Crippen LogP contribution in [-0.4, -0.2) is 48.3 Å². The fourth-order valence-corrected chi connectivity index (χ4v) is 3.75. The average molecular weight is 403 g/mol. The lowest BCUT2D eigenvalue weighted by Crippen LogP contribution is -2.34. The number of halogens is 1. The summed E-state index contributed by atoms with van der Waals surface area (Å²) < 4.78 is 5.74. The Morgan fingerprint density at radius 3 is 2.79 bits per heavy atom. The van der Waals surface area contributed by atoms with Crippen LogP contribution in [0.15, 0.2) is 48.5 Å². The minimum atomic E-state index is -0.584. The largest absolute Gasteiger partial charge is 0.489 e. The van der Waals surface area contributed by atoms with Gasteiger partial charge in [-0.1, -0.05) is 35.9 Å². The van der Waals surface area contributed by atoms with Gasteiger partial charge < -0.3 is 20.1 Å². The molecular formula is C22H27ClN2O3. The molecule has 0 bridgehead atoms. The standard InChI is InChI=1S/C22H27ClN2O3/c1-16(26)24-21-4-2-3-5-22(21)28-15-20(27)14-25-11-10-18(13-25)12-17-6-8-19(23)9-7-17/h2-9,18,20,27H,10-15H2,1H3,(H,24,26)/t18-,20+/m1/s1. The highest BCUT2D eigenvalue weighted by Gasteiger charge is 2.24. The number of hydrogen-bond acceptors (Lipinski definition) is 4. The first-order valence-electron chi connectivity index (χ1n) is 9.64. The van der Waals surface area contributed by atoms with Crippen molar-refractivity contribution in [1.29, 1.82) is 0 Å². The number of nitrogens with zero attached hydrogens (tertiary/aromatic N) is 1. The van der Waals surface area contributed by atoms with Crippen LogP contribution in [-0.2, 0) is 11.2 Å². The number of anilines is 1. The highest BCUT2D eigenvalue weighted by atomic mass is 35.5. The molecule has 150 valence electrons. The second-order valence-corrected chi connectivity index (χ2v) is 7.82. The number of aliphatic hydroxyl groups is 1. The van der Waals surface area contributed by atoms with Crippen molar-refractivity contribution in [3.63, 3.8) is 0 Å². The molecule has 5 nitrogen and oxygen atoms in total. The normalized spacial score (nSPS) is 18.0. The molecule has 0 unspecified atom stereocenters. The van der Waals surface area contributed by atoms with E-state index in [-0.39, 0.29) is 12.5 Å². The smallest absolute Gasteiger partial charge is 0.221 e. The highest BCUT2D eigenvalue weighted by Crippen LogP contribution is 2.25. The summed E-state index contributed by atoms with van der Waals surface area (Å²) in [6, 6.07) is 15.3. The lowest BCUT2D eigenvalue weighted by atomic mass is 9.99. The lowest BCUT2D eigenvalue weighted by Gasteiger charge is -2.21. The fourth-order valence-electron chi connectivity index (χ4n) is 3.62. The molecule has 0 radical (unpaired) electrons. The molecule has 2 atom stereocenters. The van der Waals surface area contributed by atoms with E-state index in [4.69, 9.17) is 16.3 Å². The first-order valence-corrected chi connectivity index (χ1v) is 10.0. The molecule has 3 rings (SSSR count). The maximum Gasteiger partial charge on any atom is 0.221 e. The summed E-state index contributed by atoms with van der Waals surface area (Å²) in [7, 11) is 0. The molecule has 1 fully saturated rings. The average Bonchev–Trinajstić information content (AvgIpc) is 3.09. The van der Waals surface area contributed by atoms with E-state index in [1.54, 1.807) is 12.1 Å². The number of benzene rings is 2. The molecule has 1 amide bonds. The second kappa shape index (κ2) is 9.92. The molecule has 0 aliphatic carbocycles. The predicted octanol–water partition coefficient (Wildman–Crippen LogP) is 3.60. The molecule has 0 spiro atoms. The zero-order valence-electron chi connectivity index (χ0n) is 16.1. The Morgan fingerprint density at radius 1 is 1.29 bits per heavy atom. The number of carbonyl (C=O) groups excluding carboxylic acids is 1. The maximum absolute atomic E-state index is 11.3. The molecule has 6 heteroatoms. The van der Waals surface area contributed by atoms with E-state index in [9.17, 15) is 9.90 Å². The molecule has 1 saturated heterocycles. The van der Waals surface area contributed by atoms with Crippen molar-refractivity contribution in [2.45, 2.75) is 25.9 Å². The van der Waals surface area contributed by atoms with Crippen LogP contribution < -0.4 is 10.1 Å². The maximum atomic E-state index is 11.3. The van der Waals surface area contributed by atoms with Gasteiger partial charge in [0, 0.05) is 25.0 Å². The van der Waals surface area contributed by atoms with E-state index >= 15 is 0 Å². The van der Waals surface area contributed by atoms with Gasteiger partial charge in [0.05, 0.1) is 5.69 Å². The molecule has 28 heavy (non-hydrogen) atoms.